The Hall–Kier alpha value is -2.94. The van der Waals surface area contributed by atoms with Crippen molar-refractivity contribution < 1.29 is 18.8 Å². The van der Waals surface area contributed by atoms with E-state index in [9.17, 15) is 4.79 Å². The zero-order chi connectivity index (χ0) is 24.6. The molecule has 2 heterocycles. The second-order valence-electron chi connectivity index (χ2n) is 9.90. The molecule has 8 heteroatoms. The number of carbonyl (C=O) groups excluding carboxylic acids is 1. The Bertz CT molecular complexity index is 1190. The van der Waals surface area contributed by atoms with E-state index in [0.29, 0.717) is 0 Å². The van der Waals surface area contributed by atoms with Crippen molar-refractivity contribution in [1.29, 1.82) is 0 Å². The average Bonchev–Trinajstić information content (AvgIpc) is 3.50. The molecule has 180 valence electrons. The number of benzene rings is 2. The van der Waals surface area contributed by atoms with E-state index in [1.807, 2.05) is 63.4 Å². The van der Waals surface area contributed by atoms with Crippen molar-refractivity contribution in [1.82, 2.24) is 10.3 Å². The molecule has 1 aromatic heterocycles. The van der Waals surface area contributed by atoms with Crippen LogP contribution in [-0.2, 0) is 14.0 Å². The molecule has 5 rings (SSSR count). The fraction of sp³-hybridized carbons (Fsp3) is 0.333. The van der Waals surface area contributed by atoms with Crippen molar-refractivity contribution in [3.05, 3.63) is 81.7 Å². The lowest BCUT2D eigenvalue weighted by molar-refractivity contribution is 0.00578. The van der Waals surface area contributed by atoms with E-state index in [2.05, 4.69) is 34.6 Å². The van der Waals surface area contributed by atoms with Gasteiger partial charge in [0, 0.05) is 17.8 Å². The van der Waals surface area contributed by atoms with Gasteiger partial charge in [0.2, 0.25) is 0 Å². The summed E-state index contributed by atoms with van der Waals surface area (Å²) in [7, 11) is -0.587. The summed E-state index contributed by atoms with van der Waals surface area (Å²) in [5.74, 6) is 0.0151. The maximum atomic E-state index is 12.7. The van der Waals surface area contributed by atoms with E-state index in [1.54, 1.807) is 5.51 Å². The normalized spacial score (nSPS) is 18.3. The lowest BCUT2D eigenvalue weighted by atomic mass is 9.77. The number of alkyl carbamates (subject to hydrolysis) is 1. The lowest BCUT2D eigenvalue weighted by Gasteiger charge is -2.32. The molecule has 6 nitrogen and oxygen atoms in total. The van der Waals surface area contributed by atoms with Crippen LogP contribution in [0.2, 0.25) is 0 Å². The van der Waals surface area contributed by atoms with Crippen LogP contribution in [0.1, 0.15) is 50.4 Å². The van der Waals surface area contributed by atoms with E-state index in [-0.39, 0.29) is 19.1 Å². The van der Waals surface area contributed by atoms with Gasteiger partial charge in [-0.15, -0.1) is 11.3 Å². The van der Waals surface area contributed by atoms with Gasteiger partial charge in [-0.25, -0.2) is 9.78 Å². The van der Waals surface area contributed by atoms with Crippen molar-refractivity contribution >= 4 is 30.6 Å². The minimum atomic E-state index is -0.587. The van der Waals surface area contributed by atoms with Crippen LogP contribution >= 0.6 is 11.3 Å². The number of nitrogens with zero attached hydrogens (tertiary/aromatic N) is 1. The minimum Gasteiger partial charge on any atom is -0.449 e. The number of nitrogens with one attached hydrogen (secondary N) is 1. The minimum absolute atomic E-state index is 0.0151. The van der Waals surface area contributed by atoms with Crippen LogP contribution in [0.3, 0.4) is 0 Å². The fourth-order valence-corrected chi connectivity index (χ4v) is 5.02. The molecule has 1 N–H and O–H groups in total. The molecule has 0 radical (unpaired) electrons. The molecule has 0 atom stereocenters. The predicted molar refractivity (Wildman–Crippen MR) is 139 cm³/mol. The predicted octanol–water partition coefficient (Wildman–Crippen LogP) is 5.70. The highest BCUT2D eigenvalue weighted by atomic mass is 32.1. The molecule has 0 bridgehead atoms. The van der Waals surface area contributed by atoms with Gasteiger partial charge in [0.05, 0.1) is 22.4 Å². The molecule has 1 aliphatic carbocycles. The summed E-state index contributed by atoms with van der Waals surface area (Å²) in [6.07, 6.45) is 1.43. The molecule has 35 heavy (non-hydrogen) atoms. The number of hydrogen-bond acceptors (Lipinski definition) is 6. The summed E-state index contributed by atoms with van der Waals surface area (Å²) in [5.41, 5.74) is 7.15. The van der Waals surface area contributed by atoms with Gasteiger partial charge in [-0.3, -0.25) is 0 Å². The molecule has 1 fully saturated rings. The molecular weight excluding hydrogens is 459 g/mol. The summed E-state index contributed by atoms with van der Waals surface area (Å²) < 4.78 is 18.1. The highest BCUT2D eigenvalue weighted by Crippen LogP contribution is 2.44. The summed E-state index contributed by atoms with van der Waals surface area (Å²) in [6.45, 7) is 8.52. The maximum Gasteiger partial charge on any atom is 0.492 e. The molecule has 1 aliphatic heterocycles. The second-order valence-corrected chi connectivity index (χ2v) is 10.6. The van der Waals surface area contributed by atoms with E-state index in [1.165, 1.54) is 33.6 Å². The van der Waals surface area contributed by atoms with Crippen LogP contribution < -0.4 is 5.32 Å². The highest BCUT2D eigenvalue weighted by molar-refractivity contribution is 7.07. The van der Waals surface area contributed by atoms with Gasteiger partial charge in [0.25, 0.3) is 0 Å². The van der Waals surface area contributed by atoms with E-state index < -0.39 is 24.4 Å². The number of thiazole rings is 1. The van der Waals surface area contributed by atoms with Crippen molar-refractivity contribution in [2.45, 2.75) is 44.8 Å². The van der Waals surface area contributed by atoms with Crippen LogP contribution in [0.5, 0.6) is 0 Å². The molecule has 2 aromatic carbocycles. The maximum absolute atomic E-state index is 12.7. The summed E-state index contributed by atoms with van der Waals surface area (Å²) >= 11 is 1.51. The first-order valence-electron chi connectivity index (χ1n) is 11.8. The number of hydrogen-bond donors (Lipinski definition) is 1. The third-order valence-electron chi connectivity index (χ3n) is 7.12. The Morgan fingerprint density at radius 3 is 2.23 bits per heavy atom. The monoisotopic (exact) mass is 488 g/mol. The first kappa shape index (κ1) is 23.8. The molecule has 0 saturated carbocycles. The smallest absolute Gasteiger partial charge is 0.449 e. The average molecular weight is 488 g/mol. The molecule has 2 aliphatic rings. The Morgan fingerprint density at radius 2 is 1.66 bits per heavy atom. The zero-order valence-electron chi connectivity index (χ0n) is 20.4. The van der Waals surface area contributed by atoms with Gasteiger partial charge in [0.15, 0.2) is 0 Å². The van der Waals surface area contributed by atoms with E-state index in [0.717, 1.165) is 11.2 Å². The zero-order valence-corrected chi connectivity index (χ0v) is 21.2. The Morgan fingerprint density at radius 1 is 1.06 bits per heavy atom. The molecule has 1 amide bonds. The fourth-order valence-electron chi connectivity index (χ4n) is 4.50. The molecule has 0 spiro atoms. The Kier molecular flexibility index (Phi) is 6.29. The van der Waals surface area contributed by atoms with Crippen LogP contribution in [0, 0.1) is 0 Å². The summed E-state index contributed by atoms with van der Waals surface area (Å²) in [6, 6.07) is 16.6. The van der Waals surface area contributed by atoms with Crippen molar-refractivity contribution in [3.8, 4) is 11.1 Å². The van der Waals surface area contributed by atoms with Crippen molar-refractivity contribution in [2.75, 3.05) is 13.2 Å². The topological polar surface area (TPSA) is 69.7 Å². The third-order valence-corrected chi connectivity index (χ3v) is 7.73. The van der Waals surface area contributed by atoms with E-state index in [4.69, 9.17) is 14.0 Å². The van der Waals surface area contributed by atoms with Crippen molar-refractivity contribution in [3.63, 3.8) is 0 Å². The number of ether oxygens (including phenoxy) is 1. The molecule has 1 saturated heterocycles. The number of aromatic nitrogens is 1. The number of carbonyl (C=O) groups is 1. The molecule has 3 aromatic rings. The Labute approximate surface area is 210 Å². The van der Waals surface area contributed by atoms with Gasteiger partial charge >= 0.3 is 13.2 Å². The molecule has 0 unspecified atom stereocenters. The first-order chi connectivity index (χ1) is 16.7. The quantitative estimate of drug-likeness (QED) is 0.451. The van der Waals surface area contributed by atoms with Gasteiger partial charge in [-0.2, -0.15) is 0 Å². The largest absolute Gasteiger partial charge is 0.492 e. The number of fused-ring (bicyclic) bond motifs is 3. The van der Waals surface area contributed by atoms with Crippen LogP contribution in [0.15, 0.2) is 64.9 Å². The summed E-state index contributed by atoms with van der Waals surface area (Å²) in [4.78, 5) is 17.1. The van der Waals surface area contributed by atoms with Crippen LogP contribution in [-0.4, -0.2) is 42.5 Å². The summed E-state index contributed by atoms with van der Waals surface area (Å²) in [5, 5.41) is 4.83. The van der Waals surface area contributed by atoms with Crippen LogP contribution in [0.4, 0.5) is 4.79 Å². The first-order valence-corrected chi connectivity index (χ1v) is 12.7. The van der Waals surface area contributed by atoms with Gasteiger partial charge in [-0.05, 0) is 61.5 Å². The third kappa shape index (κ3) is 4.66. The van der Waals surface area contributed by atoms with Gasteiger partial charge < -0.3 is 19.4 Å². The number of amides is 1. The van der Waals surface area contributed by atoms with Gasteiger partial charge in [-0.1, -0.05) is 48.5 Å². The van der Waals surface area contributed by atoms with Crippen LogP contribution in [0.25, 0.3) is 17.2 Å². The second kappa shape index (κ2) is 9.26. The standard InChI is InChI=1S/C27H29BN2O4S/c1-26(2)27(3,4)34-28(33-26)18(13-19-16-35-17-30-19)14-29-25(31)32-15-24-22-11-7-5-9-20(22)21-10-6-8-12-23(21)24/h5-13,16-17,24H,14-15H2,1-4H3,(H,29,31). The van der Waals surface area contributed by atoms with Gasteiger partial charge in [0.1, 0.15) is 6.61 Å². The molecular formula is C27H29BN2O4S. The van der Waals surface area contributed by atoms with E-state index >= 15 is 0 Å². The Balaban J connectivity index is 1.26. The number of rotatable bonds is 6. The lowest BCUT2D eigenvalue weighted by Crippen LogP contribution is -2.41. The van der Waals surface area contributed by atoms with Crippen molar-refractivity contribution in [2.24, 2.45) is 0 Å². The highest BCUT2D eigenvalue weighted by Gasteiger charge is 2.52. The SMILES string of the molecule is CC1(C)OB(C(=Cc2cscn2)CNC(=O)OCC2c3ccccc3-c3ccccc32)OC1(C)C.